The molecule has 0 radical (unpaired) electrons. The summed E-state index contributed by atoms with van der Waals surface area (Å²) in [5.41, 5.74) is 0.579. The first-order valence-electron chi connectivity index (χ1n) is 3.40. The number of methoxy groups -OCH3 is 1. The van der Waals surface area contributed by atoms with Gasteiger partial charge in [-0.15, -0.1) is 0 Å². The average Bonchev–Trinajstić information content (AvgIpc) is 2.30. The molecule has 1 atom stereocenters. The van der Waals surface area contributed by atoms with Crippen LogP contribution in [0.2, 0.25) is 0 Å². The number of aliphatic hydroxyl groups excluding tert-OH is 1. The fraction of sp³-hybridized carbons (Fsp3) is 0.571. The standard InChI is InChI=1S/C7H12N2O2/c1-5(10)7-6(11-3)4-9(2)8-7/h4-5,10H,1-3H3/t5-/m0/s1. The summed E-state index contributed by atoms with van der Waals surface area (Å²) >= 11 is 0. The van der Waals surface area contributed by atoms with Crippen LogP contribution in [0.25, 0.3) is 0 Å². The first kappa shape index (κ1) is 8.07. The topological polar surface area (TPSA) is 47.3 Å². The summed E-state index contributed by atoms with van der Waals surface area (Å²) in [7, 11) is 3.34. The van der Waals surface area contributed by atoms with Gasteiger partial charge >= 0.3 is 0 Å². The zero-order valence-electron chi connectivity index (χ0n) is 6.90. The van der Waals surface area contributed by atoms with E-state index in [4.69, 9.17) is 4.74 Å². The Kier molecular flexibility index (Phi) is 2.14. The van der Waals surface area contributed by atoms with Crippen LogP contribution in [0.4, 0.5) is 0 Å². The Balaban J connectivity index is 3.02. The molecule has 0 saturated carbocycles. The van der Waals surface area contributed by atoms with Gasteiger partial charge < -0.3 is 9.84 Å². The molecule has 11 heavy (non-hydrogen) atoms. The van der Waals surface area contributed by atoms with Crippen molar-refractivity contribution < 1.29 is 9.84 Å². The fourth-order valence-electron chi connectivity index (χ4n) is 0.931. The van der Waals surface area contributed by atoms with Crippen molar-refractivity contribution in [2.75, 3.05) is 7.11 Å². The lowest BCUT2D eigenvalue weighted by atomic mass is 10.3. The molecule has 1 rings (SSSR count). The van der Waals surface area contributed by atoms with Gasteiger partial charge in [0.15, 0.2) is 5.75 Å². The lowest BCUT2D eigenvalue weighted by Crippen LogP contribution is -1.96. The molecule has 1 aromatic heterocycles. The quantitative estimate of drug-likeness (QED) is 0.677. The number of rotatable bonds is 2. The molecule has 0 aliphatic carbocycles. The van der Waals surface area contributed by atoms with Gasteiger partial charge in [-0.05, 0) is 6.92 Å². The van der Waals surface area contributed by atoms with Crippen LogP contribution in [0.1, 0.15) is 18.7 Å². The van der Waals surface area contributed by atoms with Crippen LogP contribution in [-0.4, -0.2) is 22.0 Å². The molecule has 4 heteroatoms. The molecular formula is C7H12N2O2. The Bertz CT molecular complexity index is 243. The van der Waals surface area contributed by atoms with Gasteiger partial charge in [0.05, 0.1) is 19.4 Å². The number of aryl methyl sites for hydroxylation is 1. The highest BCUT2D eigenvalue weighted by Gasteiger charge is 2.12. The lowest BCUT2D eigenvalue weighted by molar-refractivity contribution is 0.189. The zero-order valence-corrected chi connectivity index (χ0v) is 6.90. The first-order valence-corrected chi connectivity index (χ1v) is 3.40. The monoisotopic (exact) mass is 156 g/mol. The van der Waals surface area contributed by atoms with Crippen molar-refractivity contribution in [3.05, 3.63) is 11.9 Å². The third kappa shape index (κ3) is 1.51. The first-order chi connectivity index (χ1) is 5.15. The number of aliphatic hydroxyl groups is 1. The van der Waals surface area contributed by atoms with Crippen molar-refractivity contribution >= 4 is 0 Å². The molecular weight excluding hydrogens is 144 g/mol. The van der Waals surface area contributed by atoms with Crippen molar-refractivity contribution in [2.24, 2.45) is 7.05 Å². The Morgan fingerprint density at radius 1 is 1.73 bits per heavy atom. The molecule has 0 spiro atoms. The average molecular weight is 156 g/mol. The Hall–Kier alpha value is -1.03. The normalized spacial score (nSPS) is 13.1. The van der Waals surface area contributed by atoms with Crippen LogP contribution < -0.4 is 4.74 Å². The van der Waals surface area contributed by atoms with Crippen LogP contribution >= 0.6 is 0 Å². The van der Waals surface area contributed by atoms with Crippen molar-refractivity contribution in [1.29, 1.82) is 0 Å². The third-order valence-corrected chi connectivity index (χ3v) is 1.44. The van der Waals surface area contributed by atoms with Gasteiger partial charge in [-0.3, -0.25) is 4.68 Å². The van der Waals surface area contributed by atoms with Crippen molar-refractivity contribution in [3.63, 3.8) is 0 Å². The van der Waals surface area contributed by atoms with E-state index in [1.807, 2.05) is 0 Å². The zero-order chi connectivity index (χ0) is 8.43. The minimum atomic E-state index is -0.578. The minimum absolute atomic E-state index is 0.578. The van der Waals surface area contributed by atoms with E-state index in [1.54, 1.807) is 32.0 Å². The highest BCUT2D eigenvalue weighted by molar-refractivity contribution is 5.25. The summed E-state index contributed by atoms with van der Waals surface area (Å²) in [6.45, 7) is 1.66. The summed E-state index contributed by atoms with van der Waals surface area (Å²) in [4.78, 5) is 0. The molecule has 0 fully saturated rings. The molecule has 4 nitrogen and oxygen atoms in total. The number of hydrogen-bond acceptors (Lipinski definition) is 3. The van der Waals surface area contributed by atoms with Crippen LogP contribution in [-0.2, 0) is 7.05 Å². The molecule has 0 amide bonds. The number of ether oxygens (including phenoxy) is 1. The fourth-order valence-corrected chi connectivity index (χ4v) is 0.931. The predicted molar refractivity (Wildman–Crippen MR) is 40.4 cm³/mol. The maximum Gasteiger partial charge on any atom is 0.162 e. The van der Waals surface area contributed by atoms with Gasteiger partial charge in [0.2, 0.25) is 0 Å². The van der Waals surface area contributed by atoms with Gasteiger partial charge in [0, 0.05) is 7.05 Å². The molecule has 0 aliphatic rings. The molecule has 1 N–H and O–H groups in total. The van der Waals surface area contributed by atoms with E-state index in [1.165, 1.54) is 0 Å². The van der Waals surface area contributed by atoms with Crippen LogP contribution in [0.15, 0.2) is 6.20 Å². The molecule has 1 aromatic rings. The van der Waals surface area contributed by atoms with Crippen molar-refractivity contribution in [1.82, 2.24) is 9.78 Å². The third-order valence-electron chi connectivity index (χ3n) is 1.44. The van der Waals surface area contributed by atoms with Crippen LogP contribution in [0, 0.1) is 0 Å². The predicted octanol–water partition coefficient (Wildman–Crippen LogP) is 0.482. The van der Waals surface area contributed by atoms with Crippen molar-refractivity contribution in [2.45, 2.75) is 13.0 Å². The molecule has 0 aromatic carbocycles. The summed E-state index contributed by atoms with van der Waals surface area (Å²) in [5, 5.41) is 13.2. The smallest absolute Gasteiger partial charge is 0.162 e. The highest BCUT2D eigenvalue weighted by Crippen LogP contribution is 2.21. The van der Waals surface area contributed by atoms with E-state index < -0.39 is 6.10 Å². The lowest BCUT2D eigenvalue weighted by Gasteiger charge is -2.01. The molecule has 62 valence electrons. The second-order valence-electron chi connectivity index (χ2n) is 2.43. The van der Waals surface area contributed by atoms with Gasteiger partial charge in [-0.25, -0.2) is 0 Å². The second-order valence-corrected chi connectivity index (χ2v) is 2.43. The second kappa shape index (κ2) is 2.92. The van der Waals surface area contributed by atoms with Crippen LogP contribution in [0.3, 0.4) is 0 Å². The SMILES string of the molecule is COc1cn(C)nc1[C@H](C)O. The summed E-state index contributed by atoms with van der Waals surface area (Å²) in [6, 6.07) is 0. The van der Waals surface area contributed by atoms with Gasteiger partial charge in [-0.2, -0.15) is 5.10 Å². The number of hydrogen-bond donors (Lipinski definition) is 1. The highest BCUT2D eigenvalue weighted by atomic mass is 16.5. The Morgan fingerprint density at radius 2 is 2.36 bits per heavy atom. The maximum atomic E-state index is 9.19. The largest absolute Gasteiger partial charge is 0.493 e. The number of aromatic nitrogens is 2. The van der Waals surface area contributed by atoms with E-state index in [0.717, 1.165) is 0 Å². The molecule has 1 heterocycles. The van der Waals surface area contributed by atoms with E-state index in [2.05, 4.69) is 5.10 Å². The minimum Gasteiger partial charge on any atom is -0.493 e. The number of nitrogens with zero attached hydrogens (tertiary/aromatic N) is 2. The van der Waals surface area contributed by atoms with E-state index in [9.17, 15) is 5.11 Å². The summed E-state index contributed by atoms with van der Waals surface area (Å²) in [5.74, 6) is 0.627. The van der Waals surface area contributed by atoms with Gasteiger partial charge in [-0.1, -0.05) is 0 Å². The molecule has 0 unspecified atom stereocenters. The van der Waals surface area contributed by atoms with Crippen LogP contribution in [0.5, 0.6) is 5.75 Å². The maximum absolute atomic E-state index is 9.19. The van der Waals surface area contributed by atoms with E-state index in [-0.39, 0.29) is 0 Å². The van der Waals surface area contributed by atoms with E-state index >= 15 is 0 Å². The van der Waals surface area contributed by atoms with Crippen molar-refractivity contribution in [3.8, 4) is 5.75 Å². The summed E-state index contributed by atoms with van der Waals surface area (Å²) < 4.78 is 6.60. The van der Waals surface area contributed by atoms with Gasteiger partial charge in [0.1, 0.15) is 5.69 Å². The molecule has 0 bridgehead atoms. The van der Waals surface area contributed by atoms with E-state index in [0.29, 0.717) is 11.4 Å². The Morgan fingerprint density at radius 3 is 2.73 bits per heavy atom. The Labute approximate surface area is 65.4 Å². The summed E-state index contributed by atoms with van der Waals surface area (Å²) in [6.07, 6.45) is 1.15. The molecule has 0 aliphatic heterocycles. The van der Waals surface area contributed by atoms with Gasteiger partial charge in [0.25, 0.3) is 0 Å². The molecule has 0 saturated heterocycles.